The van der Waals surface area contributed by atoms with Crippen molar-refractivity contribution in [2.75, 3.05) is 18.4 Å². The van der Waals surface area contributed by atoms with Crippen molar-refractivity contribution in [2.24, 2.45) is 0 Å². The van der Waals surface area contributed by atoms with Crippen molar-refractivity contribution < 1.29 is 4.79 Å². The van der Waals surface area contributed by atoms with Crippen LogP contribution in [0.2, 0.25) is 0 Å². The highest BCUT2D eigenvalue weighted by Gasteiger charge is 2.11. The minimum absolute atomic E-state index is 0.129. The third-order valence-electron chi connectivity index (χ3n) is 2.63. The van der Waals surface area contributed by atoms with Gasteiger partial charge in [0.15, 0.2) is 0 Å². The molecule has 0 unspecified atom stereocenters. The summed E-state index contributed by atoms with van der Waals surface area (Å²) in [6.07, 6.45) is 4.29. The molecule has 3 nitrogen and oxygen atoms in total. The molecule has 1 aromatic carbocycles. The molecule has 0 bridgehead atoms. The molecule has 0 atom stereocenters. The van der Waals surface area contributed by atoms with Gasteiger partial charge < -0.3 is 10.2 Å². The molecule has 1 N–H and O–H groups in total. The lowest BCUT2D eigenvalue weighted by molar-refractivity contribution is 0.222. The van der Waals surface area contributed by atoms with Gasteiger partial charge >= 0.3 is 6.03 Å². The number of anilines is 1. The van der Waals surface area contributed by atoms with Crippen LogP contribution in [-0.4, -0.2) is 24.0 Å². The summed E-state index contributed by atoms with van der Waals surface area (Å²) in [4.78, 5) is 13.7. The summed E-state index contributed by atoms with van der Waals surface area (Å²) >= 11 is 0. The zero-order valence-electron chi connectivity index (χ0n) is 10.9. The Kier molecular flexibility index (Phi) is 5.71. The highest BCUT2D eigenvalue weighted by atomic mass is 16.2. The zero-order valence-corrected chi connectivity index (χ0v) is 10.9. The fourth-order valence-electron chi connectivity index (χ4n) is 1.70. The first-order valence-corrected chi connectivity index (χ1v) is 6.08. The van der Waals surface area contributed by atoms with Gasteiger partial charge in [-0.1, -0.05) is 37.3 Å². The summed E-state index contributed by atoms with van der Waals surface area (Å²) < 4.78 is 0. The Morgan fingerprint density at radius 3 is 2.44 bits per heavy atom. The van der Waals surface area contributed by atoms with Crippen molar-refractivity contribution in [1.82, 2.24) is 4.90 Å². The Hall–Kier alpha value is -2.03. The van der Waals surface area contributed by atoms with E-state index in [9.17, 15) is 4.79 Å². The summed E-state index contributed by atoms with van der Waals surface area (Å²) in [5.41, 5.74) is 1.99. The largest absolute Gasteiger partial charge is 0.322 e. The third-order valence-corrected chi connectivity index (χ3v) is 2.63. The molecule has 0 saturated carbocycles. The van der Waals surface area contributed by atoms with Crippen LogP contribution in [0.3, 0.4) is 0 Å². The normalized spacial score (nSPS) is 9.61. The van der Waals surface area contributed by atoms with E-state index in [-0.39, 0.29) is 6.03 Å². The van der Waals surface area contributed by atoms with Gasteiger partial charge in [0.2, 0.25) is 0 Å². The van der Waals surface area contributed by atoms with E-state index in [4.69, 9.17) is 0 Å². The monoisotopic (exact) mass is 244 g/mol. The molecule has 0 aliphatic heterocycles. The van der Waals surface area contributed by atoms with Gasteiger partial charge in [0, 0.05) is 18.8 Å². The first kappa shape index (κ1) is 14.0. The Labute approximate surface area is 109 Å². The predicted octanol–water partition coefficient (Wildman–Crippen LogP) is 3.45. The van der Waals surface area contributed by atoms with Gasteiger partial charge in [-0.15, -0.1) is 13.2 Å². The minimum Gasteiger partial charge on any atom is -0.317 e. The van der Waals surface area contributed by atoms with Crippen molar-refractivity contribution in [2.45, 2.75) is 13.3 Å². The first-order valence-electron chi connectivity index (χ1n) is 6.08. The number of carbonyl (C=O) groups is 1. The fraction of sp³-hybridized carbons (Fsp3) is 0.267. The number of amides is 2. The maximum atomic E-state index is 12.1. The van der Waals surface area contributed by atoms with Crippen LogP contribution in [0.15, 0.2) is 49.6 Å². The number of rotatable bonds is 6. The molecule has 96 valence electrons. The Bertz CT molecular complexity index is 416. The van der Waals surface area contributed by atoms with E-state index in [0.717, 1.165) is 17.7 Å². The Balaban J connectivity index is 2.78. The topological polar surface area (TPSA) is 32.3 Å². The highest BCUT2D eigenvalue weighted by Crippen LogP contribution is 2.15. The summed E-state index contributed by atoms with van der Waals surface area (Å²) in [6.45, 7) is 10.4. The van der Waals surface area contributed by atoms with Crippen LogP contribution in [0.5, 0.6) is 0 Å². The average molecular weight is 244 g/mol. The van der Waals surface area contributed by atoms with Gasteiger partial charge in [-0.25, -0.2) is 4.79 Å². The molecule has 2 amide bonds. The SMILES string of the molecule is C=CCN(CC=C)C(=O)Nc1ccccc1CC. The number of nitrogens with zero attached hydrogens (tertiary/aromatic N) is 1. The van der Waals surface area contributed by atoms with Crippen LogP contribution in [-0.2, 0) is 6.42 Å². The van der Waals surface area contributed by atoms with E-state index in [1.807, 2.05) is 24.3 Å². The van der Waals surface area contributed by atoms with E-state index in [0.29, 0.717) is 13.1 Å². The van der Waals surface area contributed by atoms with Gasteiger partial charge in [-0.3, -0.25) is 0 Å². The van der Waals surface area contributed by atoms with Crippen molar-refractivity contribution in [1.29, 1.82) is 0 Å². The van der Waals surface area contributed by atoms with E-state index in [1.54, 1.807) is 17.1 Å². The molecule has 0 aliphatic rings. The zero-order chi connectivity index (χ0) is 13.4. The van der Waals surface area contributed by atoms with Crippen LogP contribution in [0.25, 0.3) is 0 Å². The lowest BCUT2D eigenvalue weighted by atomic mass is 10.1. The van der Waals surface area contributed by atoms with E-state index < -0.39 is 0 Å². The minimum atomic E-state index is -0.129. The van der Waals surface area contributed by atoms with Gasteiger partial charge in [0.1, 0.15) is 0 Å². The van der Waals surface area contributed by atoms with Crippen molar-refractivity contribution in [3.8, 4) is 0 Å². The van der Waals surface area contributed by atoms with Gasteiger partial charge in [0.25, 0.3) is 0 Å². The number of hydrogen-bond acceptors (Lipinski definition) is 1. The molecule has 1 rings (SSSR count). The quantitative estimate of drug-likeness (QED) is 0.764. The van der Waals surface area contributed by atoms with Gasteiger partial charge in [0.05, 0.1) is 0 Å². The second-order valence-corrected chi connectivity index (χ2v) is 3.92. The molecular weight excluding hydrogens is 224 g/mol. The molecule has 18 heavy (non-hydrogen) atoms. The maximum Gasteiger partial charge on any atom is 0.322 e. The number of aryl methyl sites for hydroxylation is 1. The Morgan fingerprint density at radius 2 is 1.89 bits per heavy atom. The van der Waals surface area contributed by atoms with Crippen LogP contribution in [0.1, 0.15) is 12.5 Å². The molecule has 0 aromatic heterocycles. The fourth-order valence-corrected chi connectivity index (χ4v) is 1.70. The second kappa shape index (κ2) is 7.33. The lowest BCUT2D eigenvalue weighted by Gasteiger charge is -2.20. The number of hydrogen-bond donors (Lipinski definition) is 1. The molecule has 0 aliphatic carbocycles. The molecule has 3 heteroatoms. The number of carbonyl (C=O) groups excluding carboxylic acids is 1. The van der Waals surface area contributed by atoms with Crippen LogP contribution < -0.4 is 5.32 Å². The molecule has 0 radical (unpaired) electrons. The third kappa shape index (κ3) is 3.77. The van der Waals surface area contributed by atoms with Crippen LogP contribution >= 0.6 is 0 Å². The van der Waals surface area contributed by atoms with E-state index in [1.165, 1.54) is 0 Å². The second-order valence-electron chi connectivity index (χ2n) is 3.92. The molecule has 1 aromatic rings. The lowest BCUT2D eigenvalue weighted by Crippen LogP contribution is -2.35. The number of para-hydroxylation sites is 1. The summed E-state index contributed by atoms with van der Waals surface area (Å²) in [7, 11) is 0. The highest BCUT2D eigenvalue weighted by molar-refractivity contribution is 5.90. The van der Waals surface area contributed by atoms with Crippen molar-refractivity contribution in [3.63, 3.8) is 0 Å². The molecule has 0 saturated heterocycles. The van der Waals surface area contributed by atoms with Crippen LogP contribution in [0, 0.1) is 0 Å². The smallest absolute Gasteiger partial charge is 0.317 e. The molecular formula is C15H20N2O. The van der Waals surface area contributed by atoms with Gasteiger partial charge in [-0.05, 0) is 18.1 Å². The summed E-state index contributed by atoms with van der Waals surface area (Å²) in [5.74, 6) is 0. The Morgan fingerprint density at radius 1 is 1.28 bits per heavy atom. The molecule has 0 fully saturated rings. The maximum absolute atomic E-state index is 12.1. The molecule has 0 spiro atoms. The van der Waals surface area contributed by atoms with E-state index >= 15 is 0 Å². The van der Waals surface area contributed by atoms with Crippen molar-refractivity contribution >= 4 is 11.7 Å². The van der Waals surface area contributed by atoms with Crippen LogP contribution in [0.4, 0.5) is 10.5 Å². The first-order chi connectivity index (χ1) is 8.72. The van der Waals surface area contributed by atoms with Crippen molar-refractivity contribution in [3.05, 3.63) is 55.1 Å². The van der Waals surface area contributed by atoms with Gasteiger partial charge in [-0.2, -0.15) is 0 Å². The number of benzene rings is 1. The van der Waals surface area contributed by atoms with E-state index in [2.05, 4.69) is 25.4 Å². The standard InChI is InChI=1S/C15H20N2O/c1-4-11-17(12-5-2)15(18)16-14-10-8-7-9-13(14)6-3/h4-5,7-10H,1-2,6,11-12H2,3H3,(H,16,18). The number of nitrogens with one attached hydrogen (secondary N) is 1. The molecule has 0 heterocycles. The predicted molar refractivity (Wildman–Crippen MR) is 76.8 cm³/mol. The summed E-state index contributed by atoms with van der Waals surface area (Å²) in [6, 6.07) is 7.69. The summed E-state index contributed by atoms with van der Waals surface area (Å²) in [5, 5.41) is 2.92. The number of urea groups is 1. The average Bonchev–Trinajstić information content (AvgIpc) is 2.39.